The molecule has 1 rings (SSSR count). The van der Waals surface area contributed by atoms with Gasteiger partial charge >= 0.3 is 0 Å². The van der Waals surface area contributed by atoms with E-state index in [0.29, 0.717) is 23.1 Å². The van der Waals surface area contributed by atoms with Crippen molar-refractivity contribution in [3.8, 4) is 0 Å². The zero-order chi connectivity index (χ0) is 18.7. The molecule has 0 aliphatic rings. The third-order valence-corrected chi connectivity index (χ3v) is 4.22. The van der Waals surface area contributed by atoms with Crippen LogP contribution < -0.4 is 16.8 Å². The van der Waals surface area contributed by atoms with Gasteiger partial charge in [0.05, 0.1) is 22.7 Å². The lowest BCUT2D eigenvalue weighted by atomic mass is 10.1. The van der Waals surface area contributed by atoms with Crippen molar-refractivity contribution in [3.63, 3.8) is 0 Å². The molecule has 140 valence electrons. The van der Waals surface area contributed by atoms with Gasteiger partial charge in [-0.05, 0) is 37.5 Å². The summed E-state index contributed by atoms with van der Waals surface area (Å²) in [4.78, 5) is 8.40. The topological polar surface area (TPSA) is 109 Å². The van der Waals surface area contributed by atoms with Crippen molar-refractivity contribution in [1.82, 2.24) is 5.32 Å². The van der Waals surface area contributed by atoms with Crippen molar-refractivity contribution in [1.29, 1.82) is 0 Å². The van der Waals surface area contributed by atoms with Gasteiger partial charge in [0.25, 0.3) is 0 Å². The maximum Gasteiger partial charge on any atom is 0.195 e. The molecular weight excluding hydrogens is 361 g/mol. The fraction of sp³-hybridized carbons (Fsp3) is 0.529. The summed E-state index contributed by atoms with van der Waals surface area (Å²) in [7, 11) is 0. The van der Waals surface area contributed by atoms with Gasteiger partial charge in [0.2, 0.25) is 0 Å². The second kappa shape index (κ2) is 12.0. The number of halogens is 2. The van der Waals surface area contributed by atoms with Crippen LogP contribution in [0.5, 0.6) is 0 Å². The highest BCUT2D eigenvalue weighted by molar-refractivity contribution is 6.42. The second-order valence-corrected chi connectivity index (χ2v) is 6.71. The fourth-order valence-corrected chi connectivity index (χ4v) is 2.45. The van der Waals surface area contributed by atoms with E-state index in [4.69, 9.17) is 34.7 Å². The Balaban J connectivity index is 2.27. The Bertz CT molecular complexity index is 590. The Morgan fingerprint density at radius 3 is 2.44 bits per heavy atom. The molecule has 0 saturated heterocycles. The summed E-state index contributed by atoms with van der Waals surface area (Å²) in [6.07, 6.45) is 4.75. The molecule has 25 heavy (non-hydrogen) atoms. The molecule has 1 aromatic rings. The Morgan fingerprint density at radius 2 is 1.76 bits per heavy atom. The van der Waals surface area contributed by atoms with E-state index in [1.54, 1.807) is 12.1 Å². The Labute approximate surface area is 159 Å². The molecule has 0 bridgehead atoms. The first kappa shape index (κ1) is 21.5. The molecule has 6 N–H and O–H groups in total. The highest BCUT2D eigenvalue weighted by Gasteiger charge is 2.00. The highest BCUT2D eigenvalue weighted by Crippen LogP contribution is 2.22. The minimum atomic E-state index is -0.218. The molecule has 1 atom stereocenters. The largest absolute Gasteiger partial charge is 0.393 e. The van der Waals surface area contributed by atoms with Gasteiger partial charge in [0.1, 0.15) is 0 Å². The van der Waals surface area contributed by atoms with Crippen LogP contribution in [0.2, 0.25) is 10.0 Å². The summed E-state index contributed by atoms with van der Waals surface area (Å²) < 4.78 is 0. The first-order valence-corrected chi connectivity index (χ1v) is 9.13. The van der Waals surface area contributed by atoms with Crippen LogP contribution in [-0.2, 0) is 6.54 Å². The molecule has 0 aliphatic carbocycles. The lowest BCUT2D eigenvalue weighted by Crippen LogP contribution is -2.41. The molecule has 0 spiro atoms. The molecule has 6 nitrogen and oxygen atoms in total. The van der Waals surface area contributed by atoms with Crippen LogP contribution in [0, 0.1) is 0 Å². The zero-order valence-corrected chi connectivity index (χ0v) is 16.0. The molecule has 0 saturated carbocycles. The smallest absolute Gasteiger partial charge is 0.195 e. The first-order chi connectivity index (χ1) is 11.9. The molecule has 1 unspecified atom stereocenters. The number of nitrogens with one attached hydrogen (secondary N) is 1. The van der Waals surface area contributed by atoms with Crippen LogP contribution in [0.3, 0.4) is 0 Å². The standard InChI is InChI=1S/C17H27Cl2N5O/c1-12(25)6-4-2-3-5-9-22-16(20)24-17(21)23-11-13-7-8-14(18)15(19)10-13/h7-8,10,12,25H,2-6,9,11H2,1H3,(H5,20,21,22,23,24). The SMILES string of the molecule is CC(O)CCCCCCN=C(N)NC(N)=NCc1ccc(Cl)c(Cl)c1. The first-order valence-electron chi connectivity index (χ1n) is 8.37. The minimum Gasteiger partial charge on any atom is -0.393 e. The van der Waals surface area contributed by atoms with Gasteiger partial charge < -0.3 is 16.6 Å². The molecular formula is C17H27Cl2N5O. The van der Waals surface area contributed by atoms with Gasteiger partial charge in [-0.2, -0.15) is 0 Å². The van der Waals surface area contributed by atoms with Crippen molar-refractivity contribution in [2.24, 2.45) is 21.5 Å². The van der Waals surface area contributed by atoms with E-state index in [1.165, 1.54) is 0 Å². The Kier molecular flexibility index (Phi) is 10.3. The lowest BCUT2D eigenvalue weighted by molar-refractivity contribution is 0.180. The lowest BCUT2D eigenvalue weighted by Gasteiger charge is -2.06. The van der Waals surface area contributed by atoms with Crippen LogP contribution in [0.1, 0.15) is 44.6 Å². The normalized spacial score (nSPS) is 13.8. The van der Waals surface area contributed by atoms with Crippen molar-refractivity contribution < 1.29 is 5.11 Å². The highest BCUT2D eigenvalue weighted by atomic mass is 35.5. The van der Waals surface area contributed by atoms with Crippen LogP contribution in [0.4, 0.5) is 0 Å². The van der Waals surface area contributed by atoms with Gasteiger partial charge in [0, 0.05) is 6.54 Å². The zero-order valence-electron chi connectivity index (χ0n) is 14.5. The Morgan fingerprint density at radius 1 is 1.08 bits per heavy atom. The summed E-state index contributed by atoms with van der Waals surface area (Å²) in [5.74, 6) is 0.448. The average Bonchev–Trinajstić information content (AvgIpc) is 2.54. The number of guanidine groups is 2. The average molecular weight is 388 g/mol. The summed E-state index contributed by atoms with van der Waals surface area (Å²) >= 11 is 11.8. The molecule has 0 fully saturated rings. The second-order valence-electron chi connectivity index (χ2n) is 5.89. The van der Waals surface area contributed by atoms with Gasteiger partial charge in [-0.3, -0.25) is 10.3 Å². The van der Waals surface area contributed by atoms with Gasteiger partial charge in [0.15, 0.2) is 11.9 Å². The fourth-order valence-electron chi connectivity index (χ4n) is 2.13. The van der Waals surface area contributed by atoms with Crippen molar-refractivity contribution >= 4 is 35.1 Å². The maximum absolute atomic E-state index is 9.17. The molecule has 8 heteroatoms. The van der Waals surface area contributed by atoms with Crippen molar-refractivity contribution in [2.75, 3.05) is 6.54 Å². The van der Waals surface area contributed by atoms with Crippen LogP contribution >= 0.6 is 23.2 Å². The third-order valence-electron chi connectivity index (χ3n) is 3.48. The summed E-state index contributed by atoms with van der Waals surface area (Å²) in [5.41, 5.74) is 12.5. The summed E-state index contributed by atoms with van der Waals surface area (Å²) in [6.45, 7) is 2.81. The maximum atomic E-state index is 9.17. The van der Waals surface area contributed by atoms with Gasteiger partial charge in [-0.15, -0.1) is 0 Å². The molecule has 1 aromatic carbocycles. The van der Waals surface area contributed by atoms with Crippen molar-refractivity contribution in [3.05, 3.63) is 33.8 Å². The third kappa shape index (κ3) is 10.2. The Hall–Kier alpha value is -1.50. The molecule has 0 heterocycles. The number of hydrogen-bond donors (Lipinski definition) is 4. The van der Waals surface area contributed by atoms with Gasteiger partial charge in [-0.1, -0.05) is 48.5 Å². The van der Waals surface area contributed by atoms with E-state index < -0.39 is 0 Å². The molecule has 0 aromatic heterocycles. The number of aliphatic imine (C=N–C) groups is 2. The molecule has 0 amide bonds. The number of benzene rings is 1. The van der Waals surface area contributed by atoms with E-state index in [0.717, 1.165) is 37.7 Å². The predicted molar refractivity (Wildman–Crippen MR) is 106 cm³/mol. The quantitative estimate of drug-likeness (QED) is 0.296. The number of unbranched alkanes of at least 4 members (excludes halogenated alkanes) is 3. The summed E-state index contributed by atoms with van der Waals surface area (Å²) in [5, 5.41) is 12.9. The van der Waals surface area contributed by atoms with Crippen molar-refractivity contribution in [2.45, 2.75) is 51.7 Å². The molecule has 0 radical (unpaired) electrons. The van der Waals surface area contributed by atoms with E-state index in [2.05, 4.69) is 15.3 Å². The van der Waals surface area contributed by atoms with E-state index in [-0.39, 0.29) is 18.0 Å². The number of nitrogens with zero attached hydrogens (tertiary/aromatic N) is 2. The summed E-state index contributed by atoms with van der Waals surface area (Å²) in [6, 6.07) is 5.30. The van der Waals surface area contributed by atoms with E-state index in [9.17, 15) is 5.11 Å². The monoisotopic (exact) mass is 387 g/mol. The van der Waals surface area contributed by atoms with Crippen LogP contribution in [0.15, 0.2) is 28.2 Å². The number of aliphatic hydroxyl groups is 1. The van der Waals surface area contributed by atoms with Crippen LogP contribution in [-0.4, -0.2) is 29.7 Å². The number of aliphatic hydroxyl groups excluding tert-OH is 1. The number of nitrogens with two attached hydrogens (primary N) is 2. The minimum absolute atomic E-state index is 0.198. The molecule has 0 aliphatic heterocycles. The number of rotatable bonds is 9. The van der Waals surface area contributed by atoms with E-state index >= 15 is 0 Å². The van der Waals surface area contributed by atoms with E-state index in [1.807, 2.05) is 13.0 Å². The predicted octanol–water partition coefficient (Wildman–Crippen LogP) is 3.04. The van der Waals surface area contributed by atoms with Gasteiger partial charge in [-0.25, -0.2) is 4.99 Å². The number of hydrogen-bond acceptors (Lipinski definition) is 3. The van der Waals surface area contributed by atoms with Crippen LogP contribution in [0.25, 0.3) is 0 Å².